The van der Waals surface area contributed by atoms with Crippen LogP contribution < -0.4 is 5.73 Å². The summed E-state index contributed by atoms with van der Waals surface area (Å²) < 4.78 is 0. The van der Waals surface area contributed by atoms with E-state index in [1.54, 1.807) is 0 Å². The minimum Gasteiger partial charge on any atom is -0.325 e. The number of hydrogen-bond donors (Lipinski definition) is 1. The van der Waals surface area contributed by atoms with E-state index in [4.69, 9.17) is 17.3 Å². The molecule has 88 valence electrons. The topological polar surface area (TPSA) is 38.9 Å². The van der Waals surface area contributed by atoms with Gasteiger partial charge in [0.15, 0.2) is 0 Å². The first kappa shape index (κ1) is 11.0. The molecule has 0 spiro atoms. The van der Waals surface area contributed by atoms with Gasteiger partial charge in [-0.05, 0) is 43.4 Å². The maximum absolute atomic E-state index is 6.20. The Balaban J connectivity index is 1.90. The van der Waals surface area contributed by atoms with Gasteiger partial charge in [0.1, 0.15) is 5.15 Å². The van der Waals surface area contributed by atoms with Gasteiger partial charge >= 0.3 is 0 Å². The molecule has 3 rings (SSSR count). The molecular weight excluding hydrogens is 232 g/mol. The highest BCUT2D eigenvalue weighted by molar-refractivity contribution is 6.30. The van der Waals surface area contributed by atoms with Crippen molar-refractivity contribution in [3.05, 3.63) is 41.0 Å². The molecule has 0 bridgehead atoms. The summed E-state index contributed by atoms with van der Waals surface area (Å²) in [4.78, 5) is 4.42. The van der Waals surface area contributed by atoms with E-state index in [1.807, 2.05) is 18.2 Å². The number of pyridine rings is 1. The van der Waals surface area contributed by atoms with Crippen molar-refractivity contribution in [2.75, 3.05) is 0 Å². The van der Waals surface area contributed by atoms with Crippen LogP contribution in [0.25, 0.3) is 10.9 Å². The van der Waals surface area contributed by atoms with Crippen LogP contribution in [0.4, 0.5) is 0 Å². The zero-order valence-corrected chi connectivity index (χ0v) is 10.4. The highest BCUT2D eigenvalue weighted by Gasteiger charge is 2.37. The van der Waals surface area contributed by atoms with Crippen molar-refractivity contribution in [2.24, 2.45) is 5.73 Å². The lowest BCUT2D eigenvalue weighted by Gasteiger charge is -2.10. The van der Waals surface area contributed by atoms with Crippen molar-refractivity contribution in [2.45, 2.75) is 31.2 Å². The molecular formula is C14H15ClN2. The van der Waals surface area contributed by atoms with E-state index in [2.05, 4.69) is 17.1 Å². The average molecular weight is 247 g/mol. The second-order valence-corrected chi connectivity index (χ2v) is 5.35. The van der Waals surface area contributed by atoms with Gasteiger partial charge in [-0.1, -0.05) is 29.8 Å². The number of fused-ring (bicyclic) bond motifs is 1. The maximum atomic E-state index is 6.20. The van der Waals surface area contributed by atoms with Crippen molar-refractivity contribution < 1.29 is 0 Å². The minimum atomic E-state index is 0.0783. The van der Waals surface area contributed by atoms with Gasteiger partial charge in [0.05, 0.1) is 5.52 Å². The molecule has 3 heteroatoms. The summed E-state index contributed by atoms with van der Waals surface area (Å²) in [5, 5.41) is 1.77. The van der Waals surface area contributed by atoms with E-state index in [9.17, 15) is 0 Å². The van der Waals surface area contributed by atoms with Crippen LogP contribution in [-0.2, 0) is 6.42 Å². The number of rotatable bonds is 3. The molecule has 0 aliphatic heterocycles. The Kier molecular flexibility index (Phi) is 2.57. The van der Waals surface area contributed by atoms with Crippen LogP contribution in [0.3, 0.4) is 0 Å². The summed E-state index contributed by atoms with van der Waals surface area (Å²) in [6.07, 6.45) is 4.22. The predicted octanol–water partition coefficient (Wildman–Crippen LogP) is 3.31. The minimum absolute atomic E-state index is 0.0783. The molecule has 1 aromatic carbocycles. The Hall–Kier alpha value is -1.12. The van der Waals surface area contributed by atoms with E-state index in [-0.39, 0.29) is 5.54 Å². The third kappa shape index (κ3) is 2.28. The quantitative estimate of drug-likeness (QED) is 0.844. The molecule has 1 fully saturated rings. The lowest BCUT2D eigenvalue weighted by Crippen LogP contribution is -2.22. The Morgan fingerprint density at radius 1 is 1.29 bits per heavy atom. The Labute approximate surface area is 106 Å². The van der Waals surface area contributed by atoms with Gasteiger partial charge < -0.3 is 5.73 Å². The number of hydrogen-bond acceptors (Lipinski definition) is 2. The van der Waals surface area contributed by atoms with Gasteiger partial charge in [0, 0.05) is 10.9 Å². The van der Waals surface area contributed by atoms with Crippen molar-refractivity contribution in [1.29, 1.82) is 0 Å². The molecule has 0 amide bonds. The Morgan fingerprint density at radius 3 is 2.82 bits per heavy atom. The van der Waals surface area contributed by atoms with E-state index in [0.29, 0.717) is 5.15 Å². The molecule has 1 heterocycles. The Bertz CT molecular complexity index is 561. The first-order valence-corrected chi connectivity index (χ1v) is 6.37. The normalized spacial score (nSPS) is 17.3. The number of halogens is 1. The van der Waals surface area contributed by atoms with Crippen LogP contribution in [0.5, 0.6) is 0 Å². The van der Waals surface area contributed by atoms with Crippen LogP contribution in [0, 0.1) is 0 Å². The lowest BCUT2D eigenvalue weighted by molar-refractivity contribution is 0.609. The van der Waals surface area contributed by atoms with Crippen molar-refractivity contribution in [3.63, 3.8) is 0 Å². The second kappa shape index (κ2) is 3.97. The fourth-order valence-electron chi connectivity index (χ4n) is 2.11. The molecule has 0 radical (unpaired) electrons. The summed E-state index contributed by atoms with van der Waals surface area (Å²) in [5.41, 5.74) is 8.24. The summed E-state index contributed by atoms with van der Waals surface area (Å²) in [6, 6.07) is 10.2. The summed E-state index contributed by atoms with van der Waals surface area (Å²) >= 11 is 6.20. The van der Waals surface area contributed by atoms with E-state index < -0.39 is 0 Å². The standard InChI is InChI=1S/C14H15ClN2/c15-13-11(5-6-14(16)7-8-14)9-10-3-1-2-4-12(10)17-13/h1-4,9H,5-8,16H2. The van der Waals surface area contributed by atoms with E-state index in [1.165, 1.54) is 0 Å². The molecule has 2 aromatic rings. The smallest absolute Gasteiger partial charge is 0.132 e. The fourth-order valence-corrected chi connectivity index (χ4v) is 2.35. The van der Waals surface area contributed by atoms with Crippen LogP contribution in [-0.4, -0.2) is 10.5 Å². The van der Waals surface area contributed by atoms with Crippen LogP contribution in [0.1, 0.15) is 24.8 Å². The molecule has 0 unspecified atom stereocenters. The van der Waals surface area contributed by atoms with Gasteiger partial charge in [0.2, 0.25) is 0 Å². The average Bonchev–Trinajstić information content (AvgIpc) is 3.05. The number of para-hydroxylation sites is 1. The van der Waals surface area contributed by atoms with Gasteiger partial charge in [0.25, 0.3) is 0 Å². The molecule has 1 aromatic heterocycles. The molecule has 2 nitrogen and oxygen atoms in total. The van der Waals surface area contributed by atoms with Gasteiger partial charge in [-0.25, -0.2) is 4.98 Å². The number of aryl methyl sites for hydroxylation is 1. The van der Waals surface area contributed by atoms with E-state index >= 15 is 0 Å². The molecule has 0 atom stereocenters. The third-order valence-corrected chi connectivity index (χ3v) is 3.86. The Morgan fingerprint density at radius 2 is 2.06 bits per heavy atom. The van der Waals surface area contributed by atoms with Gasteiger partial charge in [-0.15, -0.1) is 0 Å². The zero-order valence-electron chi connectivity index (χ0n) is 9.62. The number of nitrogens with two attached hydrogens (primary N) is 1. The molecule has 17 heavy (non-hydrogen) atoms. The number of aromatic nitrogens is 1. The monoisotopic (exact) mass is 246 g/mol. The zero-order chi connectivity index (χ0) is 11.9. The fraction of sp³-hybridized carbons (Fsp3) is 0.357. The van der Waals surface area contributed by atoms with Crippen LogP contribution >= 0.6 is 11.6 Å². The SMILES string of the molecule is NC1(CCc2cc3ccccc3nc2Cl)CC1. The van der Waals surface area contributed by atoms with Crippen molar-refractivity contribution in [3.8, 4) is 0 Å². The van der Waals surface area contributed by atoms with E-state index in [0.717, 1.165) is 42.1 Å². The number of nitrogens with zero attached hydrogens (tertiary/aromatic N) is 1. The molecule has 2 N–H and O–H groups in total. The highest BCUT2D eigenvalue weighted by Crippen LogP contribution is 2.37. The van der Waals surface area contributed by atoms with Crippen LogP contribution in [0.2, 0.25) is 5.15 Å². The second-order valence-electron chi connectivity index (χ2n) is 4.99. The van der Waals surface area contributed by atoms with Crippen molar-refractivity contribution in [1.82, 2.24) is 4.98 Å². The molecule has 0 saturated heterocycles. The van der Waals surface area contributed by atoms with Gasteiger partial charge in [-0.2, -0.15) is 0 Å². The lowest BCUT2D eigenvalue weighted by atomic mass is 10.0. The summed E-state index contributed by atoms with van der Waals surface area (Å²) in [5.74, 6) is 0. The first-order valence-electron chi connectivity index (χ1n) is 5.99. The predicted molar refractivity (Wildman–Crippen MR) is 71.2 cm³/mol. The van der Waals surface area contributed by atoms with Gasteiger partial charge in [-0.3, -0.25) is 0 Å². The number of benzene rings is 1. The largest absolute Gasteiger partial charge is 0.325 e. The molecule has 1 saturated carbocycles. The third-order valence-electron chi connectivity index (χ3n) is 3.53. The first-order chi connectivity index (χ1) is 8.16. The van der Waals surface area contributed by atoms with Crippen LogP contribution in [0.15, 0.2) is 30.3 Å². The highest BCUT2D eigenvalue weighted by atomic mass is 35.5. The molecule has 1 aliphatic carbocycles. The maximum Gasteiger partial charge on any atom is 0.132 e. The molecule has 1 aliphatic rings. The summed E-state index contributed by atoms with van der Waals surface area (Å²) in [7, 11) is 0. The summed E-state index contributed by atoms with van der Waals surface area (Å²) in [6.45, 7) is 0. The van der Waals surface area contributed by atoms with Crippen molar-refractivity contribution >= 4 is 22.5 Å².